The molecule has 0 saturated heterocycles. The highest BCUT2D eigenvalue weighted by molar-refractivity contribution is 6.00. The third-order valence-corrected chi connectivity index (χ3v) is 4.87. The van der Waals surface area contributed by atoms with E-state index in [1.165, 1.54) is 19.2 Å². The molecule has 1 aromatic carbocycles. The molecule has 0 saturated carbocycles. The van der Waals surface area contributed by atoms with Gasteiger partial charge in [-0.05, 0) is 37.0 Å². The van der Waals surface area contributed by atoms with Crippen molar-refractivity contribution in [2.75, 3.05) is 12.8 Å². The largest absolute Gasteiger partial charge is 0.481 e. The van der Waals surface area contributed by atoms with Crippen molar-refractivity contribution < 1.29 is 13.9 Å². The molecule has 2 aromatic heterocycles. The first kappa shape index (κ1) is 18.0. The van der Waals surface area contributed by atoms with Gasteiger partial charge < -0.3 is 10.5 Å². The van der Waals surface area contributed by atoms with Gasteiger partial charge in [0.25, 0.3) is 0 Å². The fourth-order valence-corrected chi connectivity index (χ4v) is 3.68. The van der Waals surface area contributed by atoms with E-state index in [4.69, 9.17) is 10.5 Å². The van der Waals surface area contributed by atoms with Gasteiger partial charge in [-0.1, -0.05) is 6.07 Å². The van der Waals surface area contributed by atoms with Crippen LogP contribution in [-0.2, 0) is 6.42 Å². The molecule has 0 bridgehead atoms. The number of hydrogen-bond donors (Lipinski definition) is 1. The minimum absolute atomic E-state index is 0.0504. The quantitative estimate of drug-likeness (QED) is 0.746. The van der Waals surface area contributed by atoms with Crippen molar-refractivity contribution >= 4 is 11.7 Å². The Labute approximate surface area is 160 Å². The molecule has 2 heterocycles. The zero-order valence-corrected chi connectivity index (χ0v) is 15.4. The molecule has 0 radical (unpaired) electrons. The molecule has 0 fully saturated rings. The number of hydrogen-bond acceptors (Lipinski definition) is 7. The number of carbonyl (C=O) groups excluding carboxylic acids is 1. The number of ketones is 1. The highest BCUT2D eigenvalue weighted by atomic mass is 19.1. The van der Waals surface area contributed by atoms with Crippen LogP contribution in [0, 0.1) is 12.7 Å². The summed E-state index contributed by atoms with van der Waals surface area (Å²) < 4.78 is 19.2. The summed E-state index contributed by atoms with van der Waals surface area (Å²) >= 11 is 0. The minimum Gasteiger partial charge on any atom is -0.481 e. The van der Waals surface area contributed by atoms with Gasteiger partial charge in [-0.25, -0.2) is 19.3 Å². The summed E-state index contributed by atoms with van der Waals surface area (Å²) in [6, 6.07) is 6.04. The van der Waals surface area contributed by atoms with Gasteiger partial charge in [0.15, 0.2) is 11.6 Å². The first-order chi connectivity index (χ1) is 13.5. The predicted octanol–water partition coefficient (Wildman–Crippen LogP) is 2.88. The normalized spacial score (nSPS) is 16.0. The third kappa shape index (κ3) is 3.17. The molecule has 1 aliphatic rings. The third-order valence-electron chi connectivity index (χ3n) is 4.87. The van der Waals surface area contributed by atoms with Crippen molar-refractivity contribution in [2.24, 2.45) is 0 Å². The fraction of sp³-hybridized carbons (Fsp3) is 0.250. The molecule has 1 unspecified atom stereocenters. The molecule has 4 rings (SSSR count). The molecule has 7 nitrogen and oxygen atoms in total. The number of halogens is 1. The van der Waals surface area contributed by atoms with Gasteiger partial charge in [0, 0.05) is 24.2 Å². The molecule has 1 atom stereocenters. The second kappa shape index (κ2) is 6.95. The predicted molar refractivity (Wildman–Crippen MR) is 101 cm³/mol. The summed E-state index contributed by atoms with van der Waals surface area (Å²) in [5, 5.41) is 0. The first-order valence-electron chi connectivity index (χ1n) is 8.79. The van der Waals surface area contributed by atoms with E-state index in [2.05, 4.69) is 19.9 Å². The van der Waals surface area contributed by atoms with Gasteiger partial charge in [-0.2, -0.15) is 4.98 Å². The number of anilines is 1. The van der Waals surface area contributed by atoms with Crippen LogP contribution in [0.3, 0.4) is 0 Å². The number of nitrogen functional groups attached to an aromatic ring is 1. The van der Waals surface area contributed by atoms with E-state index in [1.807, 2.05) is 0 Å². The first-order valence-corrected chi connectivity index (χ1v) is 8.79. The number of rotatable bonds is 3. The van der Waals surface area contributed by atoms with E-state index in [0.717, 1.165) is 5.56 Å². The molecule has 1 aliphatic carbocycles. The lowest BCUT2D eigenvalue weighted by atomic mass is 9.79. The molecule has 28 heavy (non-hydrogen) atoms. The summed E-state index contributed by atoms with van der Waals surface area (Å²) in [6.45, 7) is 1.75. The summed E-state index contributed by atoms with van der Waals surface area (Å²) in [5.74, 6) is 0.201. The Balaban J connectivity index is 1.81. The molecule has 8 heteroatoms. The van der Waals surface area contributed by atoms with E-state index >= 15 is 0 Å². The number of fused-ring (bicyclic) bond motifs is 1. The highest BCUT2D eigenvalue weighted by Gasteiger charge is 2.31. The average molecular weight is 379 g/mol. The average Bonchev–Trinajstić information content (AvgIpc) is 2.67. The van der Waals surface area contributed by atoms with Crippen molar-refractivity contribution in [3.8, 4) is 17.3 Å². The lowest BCUT2D eigenvalue weighted by Gasteiger charge is -2.25. The molecular formula is C20H18FN5O2. The van der Waals surface area contributed by atoms with E-state index < -0.39 is 5.82 Å². The molecular weight excluding hydrogens is 361 g/mol. The van der Waals surface area contributed by atoms with Crippen LogP contribution in [0.1, 0.15) is 39.6 Å². The van der Waals surface area contributed by atoms with Crippen LogP contribution in [0.25, 0.3) is 11.4 Å². The molecule has 0 amide bonds. The van der Waals surface area contributed by atoms with Crippen molar-refractivity contribution in [3.05, 3.63) is 58.8 Å². The van der Waals surface area contributed by atoms with Crippen LogP contribution in [0.15, 0.2) is 30.5 Å². The maximum Gasteiger partial charge on any atom is 0.220 e. The second-order valence-electron chi connectivity index (χ2n) is 6.67. The van der Waals surface area contributed by atoms with Crippen LogP contribution in [-0.4, -0.2) is 32.8 Å². The van der Waals surface area contributed by atoms with E-state index in [0.29, 0.717) is 40.6 Å². The second-order valence-corrected chi connectivity index (χ2v) is 6.67. The van der Waals surface area contributed by atoms with Crippen molar-refractivity contribution in [1.82, 2.24) is 19.9 Å². The topological polar surface area (TPSA) is 104 Å². The maximum atomic E-state index is 14.0. The minimum atomic E-state index is -0.407. The SMILES string of the molecule is COc1ccnc(-c2cc(F)ccc2C2CC(=O)c3c(C)nc(N)nc3C2)n1. The monoisotopic (exact) mass is 379 g/mol. The molecule has 142 valence electrons. The van der Waals surface area contributed by atoms with Gasteiger partial charge in [0.05, 0.1) is 24.1 Å². The fourth-order valence-electron chi connectivity index (χ4n) is 3.68. The van der Waals surface area contributed by atoms with Gasteiger partial charge >= 0.3 is 0 Å². The number of carbonyl (C=O) groups is 1. The smallest absolute Gasteiger partial charge is 0.220 e. The van der Waals surface area contributed by atoms with E-state index in [-0.39, 0.29) is 24.1 Å². The Morgan fingerprint density at radius 2 is 2.00 bits per heavy atom. The van der Waals surface area contributed by atoms with Gasteiger partial charge in [0.2, 0.25) is 11.8 Å². The highest BCUT2D eigenvalue weighted by Crippen LogP contribution is 2.37. The van der Waals surface area contributed by atoms with Gasteiger partial charge in [0.1, 0.15) is 5.82 Å². The number of aromatic nitrogens is 4. The zero-order chi connectivity index (χ0) is 19.8. The summed E-state index contributed by atoms with van der Waals surface area (Å²) in [6.07, 6.45) is 2.31. The number of benzene rings is 1. The van der Waals surface area contributed by atoms with Crippen LogP contribution >= 0.6 is 0 Å². The molecule has 2 N–H and O–H groups in total. The lowest BCUT2D eigenvalue weighted by Crippen LogP contribution is -2.23. The molecule has 0 spiro atoms. The van der Waals surface area contributed by atoms with Crippen LogP contribution < -0.4 is 10.5 Å². The Kier molecular flexibility index (Phi) is 4.46. The maximum absolute atomic E-state index is 14.0. The van der Waals surface area contributed by atoms with Crippen LogP contribution in [0.4, 0.5) is 10.3 Å². The number of ether oxygens (including phenoxy) is 1. The van der Waals surface area contributed by atoms with Crippen LogP contribution in [0.5, 0.6) is 5.88 Å². The summed E-state index contributed by atoms with van der Waals surface area (Å²) in [5.41, 5.74) is 8.81. The Hall–Kier alpha value is -3.42. The van der Waals surface area contributed by atoms with Crippen LogP contribution in [0.2, 0.25) is 0 Å². The number of nitrogens with zero attached hydrogens (tertiary/aromatic N) is 4. The summed E-state index contributed by atoms with van der Waals surface area (Å²) in [4.78, 5) is 29.7. The lowest BCUT2D eigenvalue weighted by molar-refractivity contribution is 0.0962. The number of methoxy groups -OCH3 is 1. The van der Waals surface area contributed by atoms with Crippen molar-refractivity contribution in [1.29, 1.82) is 0 Å². The van der Waals surface area contributed by atoms with E-state index in [9.17, 15) is 9.18 Å². The molecule has 3 aromatic rings. The number of Topliss-reactive ketones (excluding diaryl/α,β-unsaturated/α-hetero) is 1. The zero-order valence-electron chi connectivity index (χ0n) is 15.4. The van der Waals surface area contributed by atoms with Gasteiger partial charge in [-0.15, -0.1) is 0 Å². The Bertz CT molecular complexity index is 1090. The number of aryl methyl sites for hydroxylation is 1. The Morgan fingerprint density at radius 3 is 2.79 bits per heavy atom. The molecule has 0 aliphatic heterocycles. The van der Waals surface area contributed by atoms with Crippen molar-refractivity contribution in [2.45, 2.75) is 25.7 Å². The summed E-state index contributed by atoms with van der Waals surface area (Å²) in [7, 11) is 1.50. The Morgan fingerprint density at radius 1 is 1.18 bits per heavy atom. The number of nitrogens with two attached hydrogens (primary N) is 1. The van der Waals surface area contributed by atoms with Crippen molar-refractivity contribution in [3.63, 3.8) is 0 Å². The standard InChI is InChI=1S/C20H18FN5O2/c1-10-18-15(25-20(22)24-10)7-11(8-16(18)27)13-4-3-12(21)9-14(13)19-23-6-5-17(26-19)28-2/h3-6,9,11H,7-8H2,1-2H3,(H2,22,24,25). The van der Waals surface area contributed by atoms with Gasteiger partial charge in [-0.3, -0.25) is 4.79 Å². The van der Waals surface area contributed by atoms with E-state index in [1.54, 1.807) is 25.3 Å².